The van der Waals surface area contributed by atoms with Crippen LogP contribution in [-0.2, 0) is 16.6 Å². The van der Waals surface area contributed by atoms with E-state index in [1.165, 1.54) is 49.6 Å². The summed E-state index contributed by atoms with van der Waals surface area (Å²) >= 11 is 6.00. The number of hydrogen-bond acceptors (Lipinski definition) is 4. The number of anilines is 1. The molecule has 0 N–H and O–H groups in total. The van der Waals surface area contributed by atoms with Crippen molar-refractivity contribution in [3.8, 4) is 5.75 Å². The summed E-state index contributed by atoms with van der Waals surface area (Å²) in [5.74, 6) is 0.723. The lowest BCUT2D eigenvalue weighted by Gasteiger charge is -2.26. The molecule has 36 heavy (non-hydrogen) atoms. The largest absolute Gasteiger partial charge is 0.493 e. The maximum Gasteiger partial charge on any atom is 0.264 e. The van der Waals surface area contributed by atoms with Gasteiger partial charge in [0.05, 0.1) is 23.7 Å². The minimum Gasteiger partial charge on any atom is -0.493 e. The number of nitrogens with zero attached hydrogens (tertiary/aromatic N) is 2. The molecule has 5 nitrogen and oxygen atoms in total. The smallest absolute Gasteiger partial charge is 0.264 e. The van der Waals surface area contributed by atoms with E-state index in [1.54, 1.807) is 36.4 Å². The zero-order chi connectivity index (χ0) is 25.2. The number of benzene rings is 3. The van der Waals surface area contributed by atoms with Gasteiger partial charge in [-0.05, 0) is 94.2 Å². The van der Waals surface area contributed by atoms with Crippen molar-refractivity contribution in [3.63, 3.8) is 0 Å². The molecule has 0 bridgehead atoms. The lowest BCUT2D eigenvalue weighted by atomic mass is 10.1. The van der Waals surface area contributed by atoms with Crippen LogP contribution >= 0.6 is 11.6 Å². The summed E-state index contributed by atoms with van der Waals surface area (Å²) in [6.07, 6.45) is 7.31. The van der Waals surface area contributed by atoms with Gasteiger partial charge < -0.3 is 9.64 Å². The first-order chi connectivity index (χ1) is 17.5. The number of halogens is 1. The molecule has 192 valence electrons. The Morgan fingerprint density at radius 2 is 1.50 bits per heavy atom. The van der Waals surface area contributed by atoms with E-state index >= 15 is 0 Å². The fourth-order valence-corrected chi connectivity index (χ4v) is 6.12. The SMILES string of the molecule is O=S(=O)(c1ccc(Cl)cc1)N(Cc1ccccc1OCCCCCN1CCCCC1)c1ccccc1. The summed E-state index contributed by atoms with van der Waals surface area (Å²) in [5, 5.41) is 0.495. The Morgan fingerprint density at radius 1 is 0.806 bits per heavy atom. The van der Waals surface area contributed by atoms with Gasteiger partial charge in [0.1, 0.15) is 5.75 Å². The van der Waals surface area contributed by atoms with Gasteiger partial charge in [0.25, 0.3) is 10.0 Å². The van der Waals surface area contributed by atoms with Gasteiger partial charge in [0.2, 0.25) is 0 Å². The van der Waals surface area contributed by atoms with Crippen LogP contribution in [0.5, 0.6) is 5.75 Å². The molecule has 0 saturated carbocycles. The molecule has 1 aliphatic heterocycles. The number of unbranched alkanes of at least 4 members (excludes halogenated alkanes) is 2. The molecule has 0 aromatic heterocycles. The molecule has 0 radical (unpaired) electrons. The van der Waals surface area contributed by atoms with E-state index in [4.69, 9.17) is 16.3 Å². The van der Waals surface area contributed by atoms with Crippen LogP contribution in [0, 0.1) is 0 Å². The van der Waals surface area contributed by atoms with E-state index in [1.807, 2.05) is 42.5 Å². The number of likely N-dealkylation sites (tertiary alicyclic amines) is 1. The Bertz CT molecular complexity index is 1180. The number of ether oxygens (including phenoxy) is 1. The first kappa shape index (κ1) is 26.5. The Hall–Kier alpha value is -2.54. The van der Waals surface area contributed by atoms with Crippen molar-refractivity contribution in [1.82, 2.24) is 4.90 Å². The highest BCUT2D eigenvalue weighted by atomic mass is 35.5. The van der Waals surface area contributed by atoms with Crippen LogP contribution in [0.2, 0.25) is 5.02 Å². The fourth-order valence-electron chi connectivity index (χ4n) is 4.55. The molecule has 3 aromatic rings. The lowest BCUT2D eigenvalue weighted by Crippen LogP contribution is -2.30. The van der Waals surface area contributed by atoms with Crippen LogP contribution in [0.15, 0.2) is 83.8 Å². The van der Waals surface area contributed by atoms with E-state index in [0.717, 1.165) is 24.2 Å². The third kappa shape index (κ3) is 7.25. The molecule has 7 heteroatoms. The molecular formula is C29H35ClN2O3S. The summed E-state index contributed by atoms with van der Waals surface area (Å²) in [6.45, 7) is 4.43. The normalized spacial score (nSPS) is 14.5. The molecule has 1 saturated heterocycles. The Morgan fingerprint density at radius 3 is 2.25 bits per heavy atom. The third-order valence-electron chi connectivity index (χ3n) is 6.56. The van der Waals surface area contributed by atoms with Gasteiger partial charge >= 0.3 is 0 Å². The number of piperidine rings is 1. The van der Waals surface area contributed by atoms with Gasteiger partial charge in [0, 0.05) is 10.6 Å². The maximum absolute atomic E-state index is 13.7. The molecule has 1 heterocycles. The van der Waals surface area contributed by atoms with Crippen LogP contribution in [0.3, 0.4) is 0 Å². The molecular weight excluding hydrogens is 492 g/mol. The van der Waals surface area contributed by atoms with E-state index in [0.29, 0.717) is 17.3 Å². The number of sulfonamides is 1. The summed E-state index contributed by atoms with van der Waals surface area (Å²) in [5.41, 5.74) is 1.42. The van der Waals surface area contributed by atoms with Crippen molar-refractivity contribution >= 4 is 27.3 Å². The van der Waals surface area contributed by atoms with E-state index < -0.39 is 10.0 Å². The number of rotatable bonds is 12. The summed E-state index contributed by atoms with van der Waals surface area (Å²) in [6, 6.07) is 23.1. The van der Waals surface area contributed by atoms with Crippen molar-refractivity contribution in [2.75, 3.05) is 30.5 Å². The highest BCUT2D eigenvalue weighted by Crippen LogP contribution is 2.29. The van der Waals surface area contributed by atoms with Crippen LogP contribution in [0.25, 0.3) is 0 Å². The average Bonchev–Trinajstić information content (AvgIpc) is 2.91. The van der Waals surface area contributed by atoms with Gasteiger partial charge in [-0.25, -0.2) is 8.42 Å². The molecule has 1 aliphatic rings. The Kier molecular flexibility index (Phi) is 9.67. The lowest BCUT2D eigenvalue weighted by molar-refractivity contribution is 0.221. The second-order valence-electron chi connectivity index (χ2n) is 9.22. The van der Waals surface area contributed by atoms with Gasteiger partial charge in [0.15, 0.2) is 0 Å². The van der Waals surface area contributed by atoms with Crippen LogP contribution < -0.4 is 9.04 Å². The van der Waals surface area contributed by atoms with Gasteiger partial charge in [-0.1, -0.05) is 54.4 Å². The van der Waals surface area contributed by atoms with Crippen LogP contribution in [-0.4, -0.2) is 39.6 Å². The molecule has 0 amide bonds. The first-order valence-electron chi connectivity index (χ1n) is 12.8. The zero-order valence-corrected chi connectivity index (χ0v) is 22.3. The highest BCUT2D eigenvalue weighted by molar-refractivity contribution is 7.92. The van der Waals surface area contributed by atoms with Gasteiger partial charge in [-0.3, -0.25) is 4.31 Å². The van der Waals surface area contributed by atoms with Crippen molar-refractivity contribution in [1.29, 1.82) is 0 Å². The molecule has 4 rings (SSSR count). The first-order valence-corrected chi connectivity index (χ1v) is 14.6. The predicted molar refractivity (Wildman–Crippen MR) is 147 cm³/mol. The molecule has 0 spiro atoms. The fraction of sp³-hybridized carbons (Fsp3) is 0.379. The maximum atomic E-state index is 13.7. The van der Waals surface area contributed by atoms with E-state index in [-0.39, 0.29) is 11.4 Å². The predicted octanol–water partition coefficient (Wildman–Crippen LogP) is 6.77. The van der Waals surface area contributed by atoms with Crippen LogP contribution in [0.4, 0.5) is 5.69 Å². The number of para-hydroxylation sites is 2. The average molecular weight is 527 g/mol. The number of hydrogen-bond donors (Lipinski definition) is 0. The van der Waals surface area contributed by atoms with Gasteiger partial charge in [-0.15, -0.1) is 0 Å². The monoisotopic (exact) mass is 526 g/mol. The van der Waals surface area contributed by atoms with Gasteiger partial charge in [-0.2, -0.15) is 0 Å². The summed E-state index contributed by atoms with van der Waals surface area (Å²) in [4.78, 5) is 2.77. The molecule has 0 unspecified atom stereocenters. The third-order valence-corrected chi connectivity index (χ3v) is 8.60. The molecule has 3 aromatic carbocycles. The van der Waals surface area contributed by atoms with E-state index in [9.17, 15) is 8.42 Å². The second-order valence-corrected chi connectivity index (χ2v) is 11.5. The van der Waals surface area contributed by atoms with Crippen molar-refractivity contribution in [3.05, 3.63) is 89.4 Å². The van der Waals surface area contributed by atoms with Crippen LogP contribution in [0.1, 0.15) is 44.1 Å². The highest BCUT2D eigenvalue weighted by Gasteiger charge is 2.26. The zero-order valence-electron chi connectivity index (χ0n) is 20.7. The topological polar surface area (TPSA) is 49.9 Å². The molecule has 0 aliphatic carbocycles. The standard InChI is InChI=1S/C29H35ClN2O3S/c30-26-16-18-28(19-17-26)36(33,34)32(27-13-4-1-5-14-27)24-25-12-6-7-15-29(25)35-23-11-3-10-22-31-20-8-2-9-21-31/h1,4-7,12-19H,2-3,8-11,20-24H2. The van der Waals surface area contributed by atoms with Crippen molar-refractivity contribution < 1.29 is 13.2 Å². The Labute approximate surface area is 220 Å². The summed E-state index contributed by atoms with van der Waals surface area (Å²) in [7, 11) is -3.81. The van der Waals surface area contributed by atoms with E-state index in [2.05, 4.69) is 4.90 Å². The Balaban J connectivity index is 1.42. The summed E-state index contributed by atoms with van der Waals surface area (Å²) < 4.78 is 34.9. The molecule has 0 atom stereocenters. The molecule has 1 fully saturated rings. The minimum absolute atomic E-state index is 0.167. The second kappa shape index (κ2) is 13.1. The van der Waals surface area contributed by atoms with Crippen molar-refractivity contribution in [2.45, 2.75) is 50.0 Å². The van der Waals surface area contributed by atoms with Crippen molar-refractivity contribution in [2.24, 2.45) is 0 Å². The quantitative estimate of drug-likeness (QED) is 0.244. The minimum atomic E-state index is -3.81.